The fourth-order valence-electron chi connectivity index (χ4n) is 9.51. The molecule has 5 aromatic rings. The molecule has 1 aromatic heterocycles. The van der Waals surface area contributed by atoms with Crippen LogP contribution in [0.4, 0.5) is 11.4 Å². The van der Waals surface area contributed by atoms with Crippen LogP contribution in [0.1, 0.15) is 215 Å². The summed E-state index contributed by atoms with van der Waals surface area (Å²) in [6.45, 7) is 35.5. The highest BCUT2D eigenvalue weighted by molar-refractivity contribution is 6.36. The van der Waals surface area contributed by atoms with Gasteiger partial charge in [-0.15, -0.1) is 0 Å². The van der Waals surface area contributed by atoms with Gasteiger partial charge in [-0.1, -0.05) is 193 Å². The number of amides is 1. The molecule has 6 rings (SSSR count). The van der Waals surface area contributed by atoms with Crippen LogP contribution in [-0.4, -0.2) is 31.7 Å². The van der Waals surface area contributed by atoms with Crippen molar-refractivity contribution in [2.24, 2.45) is 0 Å². The predicted molar refractivity (Wildman–Crippen MR) is 257 cm³/mol. The zero-order valence-electron chi connectivity index (χ0n) is 40.7. The molecule has 0 saturated heterocycles. The molecular formula is C56H74N4O2+2. The molecule has 328 valence electrons. The van der Waals surface area contributed by atoms with Gasteiger partial charge in [-0.05, 0) is 47.3 Å². The van der Waals surface area contributed by atoms with E-state index in [0.29, 0.717) is 24.2 Å². The Morgan fingerprint density at radius 1 is 0.468 bits per heavy atom. The number of aromatic nitrogens is 2. The van der Waals surface area contributed by atoms with E-state index >= 15 is 9.90 Å². The lowest BCUT2D eigenvalue weighted by atomic mass is 9.92. The van der Waals surface area contributed by atoms with Gasteiger partial charge in [0.15, 0.2) is 0 Å². The molecule has 6 nitrogen and oxygen atoms in total. The van der Waals surface area contributed by atoms with Crippen LogP contribution in [0.3, 0.4) is 0 Å². The average molecular weight is 835 g/mol. The summed E-state index contributed by atoms with van der Waals surface area (Å²) < 4.78 is 8.26. The number of carbonyl (C=O) groups is 1. The molecule has 2 heterocycles. The monoisotopic (exact) mass is 835 g/mol. The van der Waals surface area contributed by atoms with Gasteiger partial charge >= 0.3 is 18.0 Å². The summed E-state index contributed by atoms with van der Waals surface area (Å²) in [6, 6.07) is 26.1. The van der Waals surface area contributed by atoms with E-state index in [-0.39, 0.29) is 59.1 Å². The summed E-state index contributed by atoms with van der Waals surface area (Å²) in [7, 11) is 0. The van der Waals surface area contributed by atoms with Crippen molar-refractivity contribution in [3.8, 4) is 17.3 Å². The Morgan fingerprint density at radius 2 is 0.806 bits per heavy atom. The molecule has 1 amide bonds. The third kappa shape index (κ3) is 8.64. The molecule has 0 radical (unpaired) electrons. The molecule has 62 heavy (non-hydrogen) atoms. The third-order valence-corrected chi connectivity index (χ3v) is 12.9. The average Bonchev–Trinajstić information content (AvgIpc) is 3.72. The van der Waals surface area contributed by atoms with E-state index in [1.165, 1.54) is 22.3 Å². The van der Waals surface area contributed by atoms with Gasteiger partial charge in [0.2, 0.25) is 11.4 Å². The van der Waals surface area contributed by atoms with Crippen molar-refractivity contribution in [2.45, 2.75) is 171 Å². The molecule has 0 unspecified atom stereocenters. The maximum Gasteiger partial charge on any atom is 0.490 e. The van der Waals surface area contributed by atoms with E-state index in [0.717, 1.165) is 45.0 Å². The molecule has 6 heteroatoms. The minimum atomic E-state index is -0.0376. The standard InChI is InChI=1S/C56H74N4O2/c1-33(2)41-21-17-22-42(34(3)4)51(41)57-31-59(53-45(37(9)10)25-19-26-46(53)38(11)12)55(61)49(57)29-30-50-56(62)60(54-47(39(13)14)27-20-28-48(54)40(15)16)32-58(50)52-43(35(5)6)23-18-24-44(52)36(7)8/h17-28,31-40H,29-30H2,1-16H3/q+2. The van der Waals surface area contributed by atoms with E-state index in [1.807, 2.05) is 9.14 Å². The fourth-order valence-corrected chi connectivity index (χ4v) is 9.51. The summed E-state index contributed by atoms with van der Waals surface area (Å²) in [6.07, 6.45) is 4.88. The summed E-state index contributed by atoms with van der Waals surface area (Å²) >= 11 is 0. The van der Waals surface area contributed by atoms with E-state index in [9.17, 15) is 0 Å². The third-order valence-electron chi connectivity index (χ3n) is 12.9. The van der Waals surface area contributed by atoms with Crippen molar-refractivity contribution in [2.75, 3.05) is 0 Å². The normalized spacial score (nSPS) is 13.6. The smallest absolute Gasteiger partial charge is 0.490 e. The molecule has 0 fully saturated rings. The highest BCUT2D eigenvalue weighted by atomic mass is 16.3. The van der Waals surface area contributed by atoms with Gasteiger partial charge in [-0.2, -0.15) is 4.57 Å². The Morgan fingerprint density at radius 3 is 1.18 bits per heavy atom. The summed E-state index contributed by atoms with van der Waals surface area (Å²) in [4.78, 5) is 15.5. The molecule has 4 aromatic carbocycles. The fraction of sp³-hybridized carbons (Fsp3) is 0.464. The lowest BCUT2D eigenvalue weighted by Gasteiger charge is -2.18. The summed E-state index contributed by atoms with van der Waals surface area (Å²) in [5.41, 5.74) is 14.8. The van der Waals surface area contributed by atoms with Crippen molar-refractivity contribution < 1.29 is 23.6 Å². The lowest BCUT2D eigenvalue weighted by molar-refractivity contribution is -0.650. The first kappa shape index (κ1) is 46.4. The van der Waals surface area contributed by atoms with Crippen LogP contribution in [0.15, 0.2) is 79.1 Å². The van der Waals surface area contributed by atoms with Crippen LogP contribution in [0.25, 0.3) is 11.4 Å². The molecule has 1 aliphatic heterocycles. The van der Waals surface area contributed by atoms with E-state index < -0.39 is 0 Å². The van der Waals surface area contributed by atoms with Gasteiger partial charge < -0.3 is 5.11 Å². The number of benzene rings is 4. The van der Waals surface area contributed by atoms with Gasteiger partial charge in [0.1, 0.15) is 22.9 Å². The lowest BCUT2D eigenvalue weighted by Crippen LogP contribution is -2.35. The van der Waals surface area contributed by atoms with E-state index in [1.54, 1.807) is 0 Å². The maximum atomic E-state index is 15.5. The number of hydrogen-bond acceptors (Lipinski definition) is 2. The number of carbonyl (C=O) groups excluding carboxylic acids is 1. The van der Waals surface area contributed by atoms with Crippen molar-refractivity contribution >= 4 is 29.3 Å². The second kappa shape index (κ2) is 18.7. The largest absolute Gasteiger partial charge is 0.839 e. The van der Waals surface area contributed by atoms with E-state index in [4.69, 9.17) is 0 Å². The zero-order chi connectivity index (χ0) is 45.5. The van der Waals surface area contributed by atoms with Crippen LogP contribution in [-0.2, 0) is 11.2 Å². The molecule has 0 spiro atoms. The maximum absolute atomic E-state index is 15.5. The van der Waals surface area contributed by atoms with Gasteiger partial charge in [-0.25, -0.2) is 9.36 Å². The number of para-hydroxylation sites is 4. The Kier molecular flexibility index (Phi) is 14.0. The Balaban J connectivity index is 1.67. The summed E-state index contributed by atoms with van der Waals surface area (Å²) in [5, 5.41) is 15.5. The number of imidazole rings is 1. The van der Waals surface area contributed by atoms with Crippen LogP contribution in [0.5, 0.6) is 5.88 Å². The molecular weight excluding hydrogens is 761 g/mol. The SMILES string of the molecule is CC(C)c1cccc(C(C)C)c1-n1c[n+](-c2c(C(C)C)cccc2C(C)C)c([O-])c1CCC1=[N+](c2c(C(C)C)cccc2C(C)C)C=[N+](c2c(C(C)C)cccc2C(C)C)C1=O. The minimum absolute atomic E-state index is 0.0376. The van der Waals surface area contributed by atoms with Crippen molar-refractivity contribution in [1.82, 2.24) is 4.57 Å². The molecule has 0 N–H and O–H groups in total. The second-order valence-corrected chi connectivity index (χ2v) is 20.1. The highest BCUT2D eigenvalue weighted by Crippen LogP contribution is 2.40. The molecule has 0 saturated carbocycles. The van der Waals surface area contributed by atoms with Crippen LogP contribution >= 0.6 is 0 Å². The Hall–Kier alpha value is -5.10. The van der Waals surface area contributed by atoms with Crippen LogP contribution < -0.4 is 9.67 Å². The van der Waals surface area contributed by atoms with Gasteiger partial charge in [0.25, 0.3) is 6.33 Å². The first-order valence-electron chi connectivity index (χ1n) is 23.5. The van der Waals surface area contributed by atoms with Crippen molar-refractivity contribution in [1.29, 1.82) is 0 Å². The number of rotatable bonds is 15. The Bertz CT molecular complexity index is 2420. The molecule has 1 aliphatic rings. The second-order valence-electron chi connectivity index (χ2n) is 20.1. The molecule has 0 aliphatic carbocycles. The number of nitrogens with zero attached hydrogens (tertiary/aromatic N) is 4. The van der Waals surface area contributed by atoms with Crippen molar-refractivity contribution in [3.63, 3.8) is 0 Å². The zero-order valence-corrected chi connectivity index (χ0v) is 40.7. The molecule has 0 bridgehead atoms. The first-order valence-corrected chi connectivity index (χ1v) is 23.5. The highest BCUT2D eigenvalue weighted by Gasteiger charge is 2.48. The minimum Gasteiger partial charge on any atom is -0.839 e. The van der Waals surface area contributed by atoms with Gasteiger partial charge in [-0.3, -0.25) is 0 Å². The quantitative estimate of drug-likeness (QED) is 0.0987. The topological polar surface area (TPSA) is 55.0 Å². The van der Waals surface area contributed by atoms with Crippen LogP contribution in [0, 0.1) is 0 Å². The van der Waals surface area contributed by atoms with Crippen molar-refractivity contribution in [3.05, 3.63) is 129 Å². The van der Waals surface area contributed by atoms with Gasteiger partial charge in [0.05, 0.1) is 6.42 Å². The van der Waals surface area contributed by atoms with Crippen LogP contribution in [0.2, 0.25) is 0 Å². The molecule has 0 atom stereocenters. The number of hydrogen-bond donors (Lipinski definition) is 0. The van der Waals surface area contributed by atoms with E-state index in [2.05, 4.69) is 205 Å². The Labute approximate surface area is 373 Å². The van der Waals surface area contributed by atoms with Gasteiger partial charge in [0, 0.05) is 50.9 Å². The first-order chi connectivity index (χ1) is 29.3. The summed E-state index contributed by atoms with van der Waals surface area (Å²) in [5.74, 6) is 1.64. The predicted octanol–water partition coefficient (Wildman–Crippen LogP) is 13.4.